The van der Waals surface area contributed by atoms with Crippen molar-refractivity contribution in [1.82, 2.24) is 15.1 Å². The molecule has 2 aliphatic rings. The number of rotatable bonds is 7. The number of amides is 4. The van der Waals surface area contributed by atoms with Crippen molar-refractivity contribution in [2.24, 2.45) is 0 Å². The minimum Gasteiger partial charge on any atom is -0.380 e. The fourth-order valence-electron chi connectivity index (χ4n) is 4.66. The van der Waals surface area contributed by atoms with E-state index < -0.39 is 54.1 Å². The third-order valence-electron chi connectivity index (χ3n) is 6.82. The molecule has 2 saturated heterocycles. The van der Waals surface area contributed by atoms with Crippen molar-refractivity contribution in [2.75, 3.05) is 13.2 Å². The number of Topliss-reactive ketones (excluding diaryl/α,β-unsaturated/α-hetero) is 2. The molecule has 190 valence electrons. The van der Waals surface area contributed by atoms with E-state index in [1.165, 1.54) is 11.0 Å². The molecule has 0 spiro atoms. The Hall–Kier alpha value is -3.60. The van der Waals surface area contributed by atoms with Gasteiger partial charge in [-0.15, -0.1) is 0 Å². The van der Waals surface area contributed by atoms with Gasteiger partial charge in [0.05, 0.1) is 0 Å². The summed E-state index contributed by atoms with van der Waals surface area (Å²) in [4.78, 5) is 54.4. The number of aryl methyl sites for hydroxylation is 2. The number of carbonyl (C=O) groups is 4. The zero-order valence-electron chi connectivity index (χ0n) is 20.3. The van der Waals surface area contributed by atoms with E-state index in [1.807, 2.05) is 0 Å². The summed E-state index contributed by atoms with van der Waals surface area (Å²) in [5, 5.41) is 24.9. The van der Waals surface area contributed by atoms with Crippen molar-refractivity contribution in [1.29, 1.82) is 0 Å². The molecule has 3 N–H and O–H groups in total. The normalized spacial score (nSPS) is 25.0. The van der Waals surface area contributed by atoms with Crippen LogP contribution in [-0.2, 0) is 9.53 Å². The molecule has 4 amide bonds. The van der Waals surface area contributed by atoms with Gasteiger partial charge in [0, 0.05) is 18.5 Å². The maximum absolute atomic E-state index is 13.7. The summed E-state index contributed by atoms with van der Waals surface area (Å²) in [5.41, 5.74) is -0.617. The van der Waals surface area contributed by atoms with Crippen LogP contribution in [0.3, 0.4) is 0 Å². The molecule has 36 heavy (non-hydrogen) atoms. The predicted octanol–water partition coefficient (Wildman–Crippen LogP) is 2.06. The number of urea groups is 2. The van der Waals surface area contributed by atoms with E-state index in [2.05, 4.69) is 5.32 Å². The first-order valence-electron chi connectivity index (χ1n) is 11.7. The van der Waals surface area contributed by atoms with Crippen molar-refractivity contribution in [3.05, 3.63) is 70.8 Å². The highest BCUT2D eigenvalue weighted by Crippen LogP contribution is 2.39. The van der Waals surface area contributed by atoms with Gasteiger partial charge in [0.2, 0.25) is 0 Å². The molecule has 2 aromatic carbocycles. The Bertz CT molecular complexity index is 1220. The van der Waals surface area contributed by atoms with Gasteiger partial charge < -0.3 is 19.8 Å². The zero-order valence-corrected chi connectivity index (χ0v) is 20.3. The average Bonchev–Trinajstić information content (AvgIpc) is 3.21. The topological polar surface area (TPSA) is 136 Å². The lowest BCUT2D eigenvalue weighted by Gasteiger charge is -2.37. The van der Waals surface area contributed by atoms with E-state index in [0.29, 0.717) is 23.2 Å². The van der Waals surface area contributed by atoms with Crippen LogP contribution in [0.4, 0.5) is 9.59 Å². The summed E-state index contributed by atoms with van der Waals surface area (Å²) < 4.78 is 5.89. The molecular weight excluding hydrogens is 466 g/mol. The van der Waals surface area contributed by atoms with Crippen LogP contribution in [0.1, 0.15) is 46.5 Å². The molecule has 4 rings (SSSR count). The number of nitrogens with one attached hydrogen (secondary N) is 1. The first-order valence-corrected chi connectivity index (χ1v) is 11.7. The maximum Gasteiger partial charge on any atom is 0.328 e. The third kappa shape index (κ3) is 4.39. The van der Waals surface area contributed by atoms with Crippen LogP contribution in [0.5, 0.6) is 0 Å². The average molecular weight is 496 g/mol. The Morgan fingerprint density at radius 1 is 1.08 bits per heavy atom. The highest BCUT2D eigenvalue weighted by molar-refractivity contribution is 6.08. The number of benzene rings is 2. The predicted molar refractivity (Wildman–Crippen MR) is 128 cm³/mol. The van der Waals surface area contributed by atoms with Gasteiger partial charge >= 0.3 is 12.1 Å². The zero-order chi connectivity index (χ0) is 26.2. The molecule has 10 heteroatoms. The molecule has 0 aliphatic carbocycles. The Morgan fingerprint density at radius 2 is 1.72 bits per heavy atom. The monoisotopic (exact) mass is 495 g/mol. The molecule has 2 heterocycles. The fourth-order valence-corrected chi connectivity index (χ4v) is 4.66. The smallest absolute Gasteiger partial charge is 0.328 e. The Kier molecular flexibility index (Phi) is 6.94. The lowest BCUT2D eigenvalue weighted by atomic mass is 9.81. The molecule has 1 unspecified atom stereocenters. The number of aliphatic hydroxyl groups excluding tert-OH is 1. The van der Waals surface area contributed by atoms with Gasteiger partial charge in [0.25, 0.3) is 0 Å². The van der Waals surface area contributed by atoms with E-state index in [0.717, 1.165) is 4.90 Å². The lowest BCUT2D eigenvalue weighted by Crippen LogP contribution is -2.61. The lowest BCUT2D eigenvalue weighted by molar-refractivity contribution is -0.149. The molecule has 0 bridgehead atoms. The number of ether oxygens (including phenoxy) is 1. The van der Waals surface area contributed by atoms with Gasteiger partial charge in [-0.2, -0.15) is 0 Å². The van der Waals surface area contributed by atoms with Gasteiger partial charge in [-0.25, -0.2) is 9.59 Å². The van der Waals surface area contributed by atoms with E-state index in [9.17, 15) is 29.4 Å². The molecule has 0 radical (unpaired) electrons. The Labute approximate surface area is 208 Å². The summed E-state index contributed by atoms with van der Waals surface area (Å²) >= 11 is 0. The number of hydrogen-bond donors (Lipinski definition) is 3. The van der Waals surface area contributed by atoms with Crippen molar-refractivity contribution < 1.29 is 34.1 Å². The van der Waals surface area contributed by atoms with E-state index >= 15 is 0 Å². The molecule has 4 atom stereocenters. The SMILES string of the molecule is CCN1CN([C@H]2C[C@](O)(C(=O)c3ccccc3C)[C@@H](C(=O)C(O)c3ccccc3C)O2)C(=O)NC1=O. The molecule has 0 saturated carbocycles. The van der Waals surface area contributed by atoms with Gasteiger partial charge in [0.15, 0.2) is 23.3 Å². The maximum atomic E-state index is 13.7. The van der Waals surface area contributed by atoms with Gasteiger partial charge in [-0.3, -0.25) is 19.8 Å². The molecule has 2 aromatic rings. The second-order valence-corrected chi connectivity index (χ2v) is 9.11. The standard InChI is InChI=1S/C26H29N3O7/c1-4-28-14-29(25(34)27-24(28)33)19-13-26(35,22(32)18-12-8-6-10-16(18)3)23(36-19)21(31)20(30)17-11-7-5-9-15(17)2/h5-12,19-20,23,30,35H,4,13-14H2,1-3H3,(H,27,33,34)/t19-,20?,23-,26+/m1/s1. The summed E-state index contributed by atoms with van der Waals surface area (Å²) in [5.74, 6) is -1.66. The Balaban J connectivity index is 1.72. The molecule has 10 nitrogen and oxygen atoms in total. The quantitative estimate of drug-likeness (QED) is 0.500. The van der Waals surface area contributed by atoms with Gasteiger partial charge in [-0.1, -0.05) is 48.5 Å². The van der Waals surface area contributed by atoms with Crippen LogP contribution < -0.4 is 5.32 Å². The largest absolute Gasteiger partial charge is 0.380 e. The van der Waals surface area contributed by atoms with Crippen LogP contribution in [-0.4, -0.2) is 74.8 Å². The van der Waals surface area contributed by atoms with E-state index in [-0.39, 0.29) is 12.2 Å². The first-order chi connectivity index (χ1) is 17.1. The van der Waals surface area contributed by atoms with Crippen molar-refractivity contribution in [3.63, 3.8) is 0 Å². The highest BCUT2D eigenvalue weighted by atomic mass is 16.5. The number of ketones is 2. The van der Waals surface area contributed by atoms with Crippen molar-refractivity contribution >= 4 is 23.6 Å². The summed E-state index contributed by atoms with van der Waals surface area (Å²) in [6.07, 6.45) is -5.06. The number of aliphatic hydroxyl groups is 2. The molecule has 2 fully saturated rings. The highest BCUT2D eigenvalue weighted by Gasteiger charge is 2.59. The van der Waals surface area contributed by atoms with Crippen molar-refractivity contribution in [3.8, 4) is 0 Å². The summed E-state index contributed by atoms with van der Waals surface area (Å²) in [7, 11) is 0. The van der Waals surface area contributed by atoms with Crippen LogP contribution >= 0.6 is 0 Å². The second kappa shape index (κ2) is 9.81. The molecular formula is C26H29N3O7. The number of nitrogens with zero attached hydrogens (tertiary/aromatic N) is 2. The van der Waals surface area contributed by atoms with Crippen LogP contribution in [0.15, 0.2) is 48.5 Å². The molecule has 0 aromatic heterocycles. The third-order valence-corrected chi connectivity index (χ3v) is 6.82. The summed E-state index contributed by atoms with van der Waals surface area (Å²) in [6.45, 7) is 5.30. The first kappa shape index (κ1) is 25.5. The number of hydrogen-bond acceptors (Lipinski definition) is 7. The molecule has 2 aliphatic heterocycles. The van der Waals surface area contributed by atoms with Crippen molar-refractivity contribution in [2.45, 2.75) is 51.2 Å². The minimum absolute atomic E-state index is 0.151. The van der Waals surface area contributed by atoms with E-state index in [4.69, 9.17) is 4.74 Å². The summed E-state index contributed by atoms with van der Waals surface area (Å²) in [6, 6.07) is 12.0. The Morgan fingerprint density at radius 3 is 2.36 bits per heavy atom. The number of carbonyl (C=O) groups excluding carboxylic acids is 4. The van der Waals surface area contributed by atoms with Gasteiger partial charge in [0.1, 0.15) is 19.0 Å². The number of imide groups is 1. The van der Waals surface area contributed by atoms with E-state index in [1.54, 1.807) is 63.2 Å². The fraction of sp³-hybridized carbons (Fsp3) is 0.385. The van der Waals surface area contributed by atoms with Crippen LogP contribution in [0.2, 0.25) is 0 Å². The van der Waals surface area contributed by atoms with Gasteiger partial charge in [-0.05, 0) is 37.5 Å². The second-order valence-electron chi connectivity index (χ2n) is 9.11. The van der Waals surface area contributed by atoms with Crippen LogP contribution in [0, 0.1) is 13.8 Å². The van der Waals surface area contributed by atoms with Crippen LogP contribution in [0.25, 0.3) is 0 Å². The minimum atomic E-state index is -2.36.